The smallest absolute Gasteiger partial charge is 0.255 e. The molecule has 3 aromatic rings. The lowest BCUT2D eigenvalue weighted by molar-refractivity contribution is 0.0796. The minimum absolute atomic E-state index is 0.116. The highest BCUT2D eigenvalue weighted by Gasteiger charge is 2.18. The fourth-order valence-corrected chi connectivity index (χ4v) is 3.27. The SMILES string of the molecule is Cc1ccc(C(=O)N(C)CCc2ccccn2)cc1NC(=O)c1ccc2c(c1)OCO2. The molecule has 0 saturated carbocycles. The van der Waals surface area contributed by atoms with E-state index in [0.29, 0.717) is 41.3 Å². The van der Waals surface area contributed by atoms with E-state index in [-0.39, 0.29) is 18.6 Å². The van der Waals surface area contributed by atoms with Crippen molar-refractivity contribution >= 4 is 17.5 Å². The molecule has 1 aliphatic rings. The van der Waals surface area contributed by atoms with Gasteiger partial charge in [-0.05, 0) is 55.0 Å². The number of likely N-dealkylation sites (N-methyl/N-ethyl adjacent to an activating group) is 1. The van der Waals surface area contributed by atoms with E-state index in [0.717, 1.165) is 11.3 Å². The summed E-state index contributed by atoms with van der Waals surface area (Å²) in [4.78, 5) is 31.6. The number of amides is 2. The van der Waals surface area contributed by atoms with E-state index < -0.39 is 0 Å². The lowest BCUT2D eigenvalue weighted by atomic mass is 10.1. The van der Waals surface area contributed by atoms with Gasteiger partial charge in [-0.2, -0.15) is 0 Å². The average molecular weight is 417 g/mol. The summed E-state index contributed by atoms with van der Waals surface area (Å²) in [6.45, 7) is 2.58. The van der Waals surface area contributed by atoms with Crippen molar-refractivity contribution in [3.05, 3.63) is 83.2 Å². The summed E-state index contributed by atoms with van der Waals surface area (Å²) in [5, 5.41) is 2.89. The van der Waals surface area contributed by atoms with E-state index in [4.69, 9.17) is 9.47 Å². The summed E-state index contributed by atoms with van der Waals surface area (Å²) < 4.78 is 10.6. The van der Waals surface area contributed by atoms with Gasteiger partial charge < -0.3 is 19.7 Å². The van der Waals surface area contributed by atoms with Crippen molar-refractivity contribution in [2.24, 2.45) is 0 Å². The van der Waals surface area contributed by atoms with Gasteiger partial charge in [-0.1, -0.05) is 12.1 Å². The monoisotopic (exact) mass is 417 g/mol. The third-order valence-electron chi connectivity index (χ3n) is 5.14. The molecule has 7 nitrogen and oxygen atoms in total. The molecule has 1 aromatic heterocycles. The largest absolute Gasteiger partial charge is 0.454 e. The van der Waals surface area contributed by atoms with Crippen molar-refractivity contribution in [2.75, 3.05) is 25.7 Å². The van der Waals surface area contributed by atoms with Crippen LogP contribution in [0.2, 0.25) is 0 Å². The fourth-order valence-electron chi connectivity index (χ4n) is 3.27. The van der Waals surface area contributed by atoms with Crippen LogP contribution < -0.4 is 14.8 Å². The Labute approximate surface area is 180 Å². The standard InChI is InChI=1S/C24H23N3O4/c1-16-6-7-18(24(29)27(2)12-10-19-5-3-4-11-25-19)13-20(16)26-23(28)17-8-9-21-22(14-17)31-15-30-21/h3-9,11,13-14H,10,12,15H2,1-2H3,(H,26,28). The van der Waals surface area contributed by atoms with Crippen molar-refractivity contribution in [1.82, 2.24) is 9.88 Å². The molecular formula is C24H23N3O4. The van der Waals surface area contributed by atoms with Gasteiger partial charge in [0.15, 0.2) is 11.5 Å². The van der Waals surface area contributed by atoms with Crippen LogP contribution in [0, 0.1) is 6.92 Å². The van der Waals surface area contributed by atoms with E-state index in [9.17, 15) is 9.59 Å². The highest BCUT2D eigenvalue weighted by Crippen LogP contribution is 2.32. The Morgan fingerprint density at radius 3 is 2.65 bits per heavy atom. The molecule has 0 unspecified atom stereocenters. The normalized spacial score (nSPS) is 11.8. The zero-order valence-corrected chi connectivity index (χ0v) is 17.4. The van der Waals surface area contributed by atoms with Gasteiger partial charge in [0.25, 0.3) is 11.8 Å². The van der Waals surface area contributed by atoms with Gasteiger partial charge in [-0.3, -0.25) is 14.6 Å². The summed E-state index contributed by atoms with van der Waals surface area (Å²) in [5.74, 6) is 0.765. The number of ether oxygens (including phenoxy) is 2. The van der Waals surface area contributed by atoms with Crippen molar-refractivity contribution in [1.29, 1.82) is 0 Å². The van der Waals surface area contributed by atoms with Crippen LogP contribution in [0.1, 0.15) is 32.0 Å². The quantitative estimate of drug-likeness (QED) is 0.662. The molecule has 0 spiro atoms. The van der Waals surface area contributed by atoms with Crippen LogP contribution in [0.3, 0.4) is 0 Å². The molecule has 7 heteroatoms. The second-order valence-corrected chi connectivity index (χ2v) is 7.35. The summed E-state index contributed by atoms with van der Waals surface area (Å²) in [7, 11) is 1.76. The summed E-state index contributed by atoms with van der Waals surface area (Å²) in [6.07, 6.45) is 2.41. The van der Waals surface area contributed by atoms with Gasteiger partial charge in [-0.15, -0.1) is 0 Å². The Morgan fingerprint density at radius 2 is 1.84 bits per heavy atom. The number of carbonyl (C=O) groups is 2. The van der Waals surface area contributed by atoms with E-state index >= 15 is 0 Å². The molecule has 158 valence electrons. The number of hydrogen-bond donors (Lipinski definition) is 1. The Hall–Kier alpha value is -3.87. The summed E-state index contributed by atoms with van der Waals surface area (Å²) >= 11 is 0. The molecule has 0 radical (unpaired) electrons. The van der Waals surface area contributed by atoms with Crippen molar-refractivity contribution in [3.63, 3.8) is 0 Å². The number of rotatable bonds is 6. The van der Waals surface area contributed by atoms with Crippen molar-refractivity contribution in [2.45, 2.75) is 13.3 Å². The van der Waals surface area contributed by atoms with Gasteiger partial charge in [0, 0.05) is 48.7 Å². The maximum absolute atomic E-state index is 12.9. The first-order valence-electron chi connectivity index (χ1n) is 9.98. The van der Waals surface area contributed by atoms with Crippen LogP contribution >= 0.6 is 0 Å². The zero-order chi connectivity index (χ0) is 21.8. The first-order valence-corrected chi connectivity index (χ1v) is 9.98. The van der Waals surface area contributed by atoms with Crippen LogP contribution in [0.15, 0.2) is 60.8 Å². The number of aromatic nitrogens is 1. The minimum Gasteiger partial charge on any atom is -0.454 e. The fraction of sp³-hybridized carbons (Fsp3) is 0.208. The average Bonchev–Trinajstić information content (AvgIpc) is 3.27. The Balaban J connectivity index is 1.45. The molecule has 0 saturated heterocycles. The Bertz CT molecular complexity index is 1120. The third-order valence-corrected chi connectivity index (χ3v) is 5.14. The van der Waals surface area contributed by atoms with Crippen LogP contribution in [0.4, 0.5) is 5.69 Å². The van der Waals surface area contributed by atoms with Gasteiger partial charge in [-0.25, -0.2) is 0 Å². The van der Waals surface area contributed by atoms with Gasteiger partial charge in [0.2, 0.25) is 6.79 Å². The lowest BCUT2D eigenvalue weighted by Gasteiger charge is -2.18. The number of fused-ring (bicyclic) bond motifs is 1. The predicted molar refractivity (Wildman–Crippen MR) is 117 cm³/mol. The van der Waals surface area contributed by atoms with Crippen LogP contribution in [0.5, 0.6) is 11.5 Å². The topological polar surface area (TPSA) is 80.8 Å². The number of anilines is 1. The Morgan fingerprint density at radius 1 is 1.03 bits per heavy atom. The highest BCUT2D eigenvalue weighted by atomic mass is 16.7. The first kappa shape index (κ1) is 20.4. The number of aryl methyl sites for hydroxylation is 1. The van der Waals surface area contributed by atoms with E-state index in [1.54, 1.807) is 48.5 Å². The molecular weight excluding hydrogens is 394 g/mol. The number of benzene rings is 2. The van der Waals surface area contributed by atoms with Gasteiger partial charge in [0.05, 0.1) is 0 Å². The van der Waals surface area contributed by atoms with Crippen LogP contribution in [-0.2, 0) is 6.42 Å². The maximum Gasteiger partial charge on any atom is 0.255 e. The van der Waals surface area contributed by atoms with Crippen molar-refractivity contribution < 1.29 is 19.1 Å². The van der Waals surface area contributed by atoms with E-state index in [1.807, 2.05) is 31.2 Å². The number of hydrogen-bond acceptors (Lipinski definition) is 5. The van der Waals surface area contributed by atoms with Crippen LogP contribution in [-0.4, -0.2) is 42.1 Å². The summed E-state index contributed by atoms with van der Waals surface area (Å²) in [6, 6.07) is 16.1. The summed E-state index contributed by atoms with van der Waals surface area (Å²) in [5.41, 5.74) is 3.35. The number of pyridine rings is 1. The highest BCUT2D eigenvalue weighted by molar-refractivity contribution is 6.06. The molecule has 2 aromatic carbocycles. The molecule has 2 heterocycles. The van der Waals surface area contributed by atoms with Gasteiger partial charge in [0.1, 0.15) is 0 Å². The van der Waals surface area contributed by atoms with Crippen LogP contribution in [0.25, 0.3) is 0 Å². The second-order valence-electron chi connectivity index (χ2n) is 7.35. The molecule has 2 amide bonds. The predicted octanol–water partition coefficient (Wildman–Crippen LogP) is 3.69. The van der Waals surface area contributed by atoms with Gasteiger partial charge >= 0.3 is 0 Å². The molecule has 31 heavy (non-hydrogen) atoms. The molecule has 1 aliphatic heterocycles. The Kier molecular flexibility index (Phi) is 5.84. The zero-order valence-electron chi connectivity index (χ0n) is 17.4. The third kappa shape index (κ3) is 4.66. The molecule has 4 rings (SSSR count). The number of carbonyl (C=O) groups excluding carboxylic acids is 2. The molecule has 1 N–H and O–H groups in total. The second kappa shape index (κ2) is 8.87. The van der Waals surface area contributed by atoms with E-state index in [2.05, 4.69) is 10.3 Å². The molecule has 0 fully saturated rings. The first-order chi connectivity index (χ1) is 15.0. The van der Waals surface area contributed by atoms with Crippen molar-refractivity contribution in [3.8, 4) is 11.5 Å². The maximum atomic E-state index is 12.9. The van der Waals surface area contributed by atoms with E-state index in [1.165, 1.54) is 0 Å². The minimum atomic E-state index is -0.283. The number of nitrogens with one attached hydrogen (secondary N) is 1. The lowest BCUT2D eigenvalue weighted by Crippen LogP contribution is -2.29. The molecule has 0 atom stereocenters. The molecule has 0 aliphatic carbocycles. The molecule has 0 bridgehead atoms. The number of nitrogens with zero attached hydrogens (tertiary/aromatic N) is 2.